The van der Waals surface area contributed by atoms with E-state index in [1.165, 1.54) is 6.07 Å². The van der Waals surface area contributed by atoms with Gasteiger partial charge in [-0.3, -0.25) is 4.79 Å². The molecule has 1 amide bonds. The normalized spacial score (nSPS) is 9.31. The van der Waals surface area contributed by atoms with Crippen molar-refractivity contribution < 1.29 is 18.7 Å². The topological polar surface area (TPSA) is 69.4 Å². The molecule has 0 fully saturated rings. The van der Waals surface area contributed by atoms with Crippen molar-refractivity contribution in [3.63, 3.8) is 0 Å². The van der Waals surface area contributed by atoms with Crippen LogP contribution in [0.2, 0.25) is 0 Å². The van der Waals surface area contributed by atoms with Gasteiger partial charge in [0.25, 0.3) is 0 Å². The van der Waals surface area contributed by atoms with Crippen molar-refractivity contribution in [2.75, 3.05) is 0 Å². The maximum atomic E-state index is 12.9. The Kier molecular flexibility index (Phi) is 2.59. The Hall–Kier alpha value is -1.91. The highest BCUT2D eigenvalue weighted by molar-refractivity contribution is 5.75. The number of hydrogen-bond acceptors (Lipinski definition) is 3. The number of nitrogens with two attached hydrogens (primary N) is 1. The maximum absolute atomic E-state index is 12.9. The minimum absolute atomic E-state index is 0.161. The molecule has 5 heteroatoms. The number of amides is 1. The fraction of sp³-hybridized carbons (Fsp3) is 0. The summed E-state index contributed by atoms with van der Waals surface area (Å²) in [5, 5.41) is 0. The van der Waals surface area contributed by atoms with Crippen LogP contribution in [0.3, 0.4) is 0 Å². The van der Waals surface area contributed by atoms with E-state index in [9.17, 15) is 14.0 Å². The summed E-state index contributed by atoms with van der Waals surface area (Å²) in [5.74, 6) is -1.10. The summed E-state index contributed by atoms with van der Waals surface area (Å²) in [4.78, 5) is 20.4. The van der Waals surface area contributed by atoms with Gasteiger partial charge in [0.05, 0.1) is 0 Å². The minimum Gasteiger partial charge on any atom is -0.407 e. The predicted molar refractivity (Wildman–Crippen MR) is 42.0 cm³/mol. The van der Waals surface area contributed by atoms with Crippen LogP contribution in [0.25, 0.3) is 0 Å². The molecule has 0 bridgehead atoms. The second-order valence-corrected chi connectivity index (χ2v) is 2.23. The summed E-state index contributed by atoms with van der Waals surface area (Å²) in [6.07, 6.45) is -0.616. The molecule has 0 saturated heterocycles. The molecule has 4 nitrogen and oxygen atoms in total. The molecule has 0 spiro atoms. The molecule has 1 aromatic rings. The molecule has 68 valence electrons. The van der Waals surface area contributed by atoms with Gasteiger partial charge in [0.1, 0.15) is 6.29 Å². The van der Waals surface area contributed by atoms with E-state index in [2.05, 4.69) is 10.5 Å². The van der Waals surface area contributed by atoms with Crippen molar-refractivity contribution >= 4 is 12.4 Å². The molecule has 0 aliphatic rings. The number of aldehydes is 1. The average molecular weight is 183 g/mol. The van der Waals surface area contributed by atoms with Crippen LogP contribution in [0, 0.1) is 5.82 Å². The van der Waals surface area contributed by atoms with Gasteiger partial charge in [-0.1, -0.05) is 0 Å². The number of carbonyl (C=O) groups excluding carboxylic acids is 2. The monoisotopic (exact) mass is 183 g/mol. The lowest BCUT2D eigenvalue weighted by molar-refractivity contribution is 0.112. The Morgan fingerprint density at radius 2 is 2.23 bits per heavy atom. The van der Waals surface area contributed by atoms with Gasteiger partial charge in [0, 0.05) is 5.56 Å². The van der Waals surface area contributed by atoms with E-state index in [4.69, 9.17) is 0 Å². The molecule has 0 aliphatic heterocycles. The minimum atomic E-state index is -1.10. The predicted octanol–water partition coefficient (Wildman–Crippen LogP) is 1.10. The summed E-state index contributed by atoms with van der Waals surface area (Å²) in [5.41, 5.74) is 4.83. The summed E-state index contributed by atoms with van der Waals surface area (Å²) in [6.45, 7) is 0. The highest BCUT2D eigenvalue weighted by Crippen LogP contribution is 2.17. The van der Waals surface area contributed by atoms with Gasteiger partial charge < -0.3 is 10.5 Å². The lowest BCUT2D eigenvalue weighted by Crippen LogP contribution is -2.16. The van der Waals surface area contributed by atoms with E-state index in [0.29, 0.717) is 6.29 Å². The van der Waals surface area contributed by atoms with E-state index >= 15 is 0 Å². The number of carbonyl (C=O) groups is 2. The standard InChI is InChI=1S/C8H6FNO3/c9-6-3-5(4-11)1-2-7(6)13-8(10)12/h1-4H,(H2,10,12). The van der Waals surface area contributed by atoms with Crippen LogP contribution in [0.1, 0.15) is 10.4 Å². The Morgan fingerprint density at radius 1 is 1.54 bits per heavy atom. The Morgan fingerprint density at radius 3 is 2.69 bits per heavy atom. The smallest absolute Gasteiger partial charge is 0.407 e. The highest BCUT2D eigenvalue weighted by Gasteiger charge is 2.06. The summed E-state index contributed by atoms with van der Waals surface area (Å²) in [7, 11) is 0. The molecule has 0 aromatic heterocycles. The van der Waals surface area contributed by atoms with Crippen molar-refractivity contribution in [1.29, 1.82) is 0 Å². The van der Waals surface area contributed by atoms with Gasteiger partial charge in [-0.15, -0.1) is 0 Å². The van der Waals surface area contributed by atoms with Gasteiger partial charge in [-0.2, -0.15) is 0 Å². The lowest BCUT2D eigenvalue weighted by Gasteiger charge is -2.01. The number of halogens is 1. The third-order valence-corrected chi connectivity index (χ3v) is 1.30. The number of hydrogen-bond donors (Lipinski definition) is 1. The van der Waals surface area contributed by atoms with Crippen molar-refractivity contribution in [3.05, 3.63) is 29.6 Å². The van der Waals surface area contributed by atoms with Gasteiger partial charge in [-0.25, -0.2) is 9.18 Å². The van der Waals surface area contributed by atoms with Crippen LogP contribution in [0.15, 0.2) is 18.2 Å². The summed E-state index contributed by atoms with van der Waals surface area (Å²) in [6, 6.07) is 3.42. The summed E-state index contributed by atoms with van der Waals surface area (Å²) >= 11 is 0. The number of benzene rings is 1. The summed E-state index contributed by atoms with van der Waals surface area (Å²) < 4.78 is 17.2. The SMILES string of the molecule is NC(=O)Oc1ccc(C=O)cc1F. The van der Waals surface area contributed by atoms with Crippen LogP contribution in [-0.2, 0) is 0 Å². The molecule has 1 rings (SSSR count). The number of ether oxygens (including phenoxy) is 1. The zero-order valence-corrected chi connectivity index (χ0v) is 6.49. The fourth-order valence-corrected chi connectivity index (χ4v) is 0.782. The quantitative estimate of drug-likeness (QED) is 0.698. The van der Waals surface area contributed by atoms with Crippen LogP contribution in [-0.4, -0.2) is 12.4 Å². The van der Waals surface area contributed by atoms with Crippen molar-refractivity contribution in [2.24, 2.45) is 5.73 Å². The van der Waals surface area contributed by atoms with Gasteiger partial charge >= 0.3 is 6.09 Å². The van der Waals surface area contributed by atoms with E-state index in [-0.39, 0.29) is 11.3 Å². The first kappa shape index (κ1) is 9.18. The second-order valence-electron chi connectivity index (χ2n) is 2.23. The van der Waals surface area contributed by atoms with E-state index in [1.54, 1.807) is 0 Å². The van der Waals surface area contributed by atoms with Crippen LogP contribution in [0.5, 0.6) is 5.75 Å². The first-order valence-corrected chi connectivity index (χ1v) is 3.35. The highest BCUT2D eigenvalue weighted by atomic mass is 19.1. The van der Waals surface area contributed by atoms with Crippen LogP contribution in [0.4, 0.5) is 9.18 Å². The first-order chi connectivity index (χ1) is 6.13. The molecular weight excluding hydrogens is 177 g/mol. The molecule has 0 aliphatic carbocycles. The van der Waals surface area contributed by atoms with Crippen molar-refractivity contribution in [3.8, 4) is 5.75 Å². The average Bonchev–Trinajstić information content (AvgIpc) is 2.08. The molecule has 2 N–H and O–H groups in total. The molecule has 0 heterocycles. The first-order valence-electron chi connectivity index (χ1n) is 3.35. The molecule has 0 atom stereocenters. The number of rotatable bonds is 2. The third-order valence-electron chi connectivity index (χ3n) is 1.30. The van der Waals surface area contributed by atoms with E-state index in [1.807, 2.05) is 0 Å². The van der Waals surface area contributed by atoms with Crippen molar-refractivity contribution in [2.45, 2.75) is 0 Å². The maximum Gasteiger partial charge on any atom is 0.410 e. The third kappa shape index (κ3) is 2.26. The molecule has 0 unspecified atom stereocenters. The van der Waals surface area contributed by atoms with Crippen LogP contribution < -0.4 is 10.5 Å². The molecule has 1 aromatic carbocycles. The largest absolute Gasteiger partial charge is 0.410 e. The molecule has 13 heavy (non-hydrogen) atoms. The van der Waals surface area contributed by atoms with E-state index < -0.39 is 11.9 Å². The van der Waals surface area contributed by atoms with Gasteiger partial charge in [0.15, 0.2) is 11.6 Å². The number of primary amides is 1. The Labute approximate surface area is 73.1 Å². The second kappa shape index (κ2) is 3.66. The zero-order valence-electron chi connectivity index (χ0n) is 6.49. The molecule has 0 radical (unpaired) electrons. The molecular formula is C8H6FNO3. The fourth-order valence-electron chi connectivity index (χ4n) is 0.782. The van der Waals surface area contributed by atoms with E-state index in [0.717, 1.165) is 12.1 Å². The Bertz CT molecular complexity index is 351. The lowest BCUT2D eigenvalue weighted by atomic mass is 10.2. The Balaban J connectivity index is 2.98. The zero-order chi connectivity index (χ0) is 9.84. The molecule has 0 saturated carbocycles. The van der Waals surface area contributed by atoms with Crippen molar-refractivity contribution in [1.82, 2.24) is 0 Å². The van der Waals surface area contributed by atoms with Gasteiger partial charge in [0.2, 0.25) is 0 Å². The van der Waals surface area contributed by atoms with Crippen LogP contribution >= 0.6 is 0 Å². The van der Waals surface area contributed by atoms with Gasteiger partial charge in [-0.05, 0) is 18.2 Å².